The number of fused-ring (bicyclic) bond motifs is 3. The molecule has 0 saturated heterocycles. The molecule has 5 heteroatoms. The zero-order chi connectivity index (χ0) is 21.1. The highest BCUT2D eigenvalue weighted by Gasteiger charge is 2.30. The number of aromatic hydroxyl groups is 1. The molecule has 0 heterocycles. The highest BCUT2D eigenvalue weighted by atomic mass is 16.5. The third kappa shape index (κ3) is 4.06. The normalized spacial score (nSPS) is 13.3. The van der Waals surface area contributed by atoms with Gasteiger partial charge in [0, 0.05) is 5.92 Å². The van der Waals surface area contributed by atoms with Crippen molar-refractivity contribution in [3.63, 3.8) is 0 Å². The van der Waals surface area contributed by atoms with Gasteiger partial charge in [-0.15, -0.1) is 0 Å². The Kier molecular flexibility index (Phi) is 5.53. The number of esters is 1. The van der Waals surface area contributed by atoms with Crippen molar-refractivity contribution in [3.8, 4) is 16.9 Å². The van der Waals surface area contributed by atoms with Gasteiger partial charge in [-0.3, -0.25) is 9.59 Å². The molecule has 0 aliphatic heterocycles. The number of carbonyl (C=O) groups excluding carboxylic acids is 1. The summed E-state index contributed by atoms with van der Waals surface area (Å²) < 4.78 is 5.53. The maximum absolute atomic E-state index is 12.5. The number of carbonyl (C=O) groups is 2. The van der Waals surface area contributed by atoms with Crippen molar-refractivity contribution in [1.29, 1.82) is 0 Å². The molecule has 3 aromatic rings. The Morgan fingerprint density at radius 1 is 0.867 bits per heavy atom. The van der Waals surface area contributed by atoms with Gasteiger partial charge >= 0.3 is 11.9 Å². The third-order valence-corrected chi connectivity index (χ3v) is 5.55. The monoisotopic (exact) mass is 402 g/mol. The van der Waals surface area contributed by atoms with E-state index in [4.69, 9.17) is 4.74 Å². The Labute approximate surface area is 174 Å². The number of rotatable bonds is 7. The Hall–Kier alpha value is -3.60. The lowest BCUT2D eigenvalue weighted by Crippen LogP contribution is -2.22. The third-order valence-electron chi connectivity index (χ3n) is 5.55. The summed E-state index contributed by atoms with van der Waals surface area (Å²) in [5, 5.41) is 18.9. The first-order valence-corrected chi connectivity index (χ1v) is 9.87. The first kappa shape index (κ1) is 19.7. The van der Waals surface area contributed by atoms with Crippen molar-refractivity contribution >= 4 is 11.9 Å². The molecule has 0 amide bonds. The van der Waals surface area contributed by atoms with Crippen molar-refractivity contribution in [2.75, 3.05) is 6.61 Å². The molecule has 0 spiro atoms. The molecule has 1 aliphatic carbocycles. The molecule has 30 heavy (non-hydrogen) atoms. The summed E-state index contributed by atoms with van der Waals surface area (Å²) in [6.45, 7) is 0.179. The smallest absolute Gasteiger partial charge is 0.307 e. The van der Waals surface area contributed by atoms with E-state index in [1.165, 1.54) is 12.1 Å². The van der Waals surface area contributed by atoms with Crippen LogP contribution in [0.4, 0.5) is 0 Å². The van der Waals surface area contributed by atoms with Crippen LogP contribution in [0.25, 0.3) is 11.1 Å². The molecular weight excluding hydrogens is 380 g/mol. The van der Waals surface area contributed by atoms with E-state index in [-0.39, 0.29) is 31.1 Å². The van der Waals surface area contributed by atoms with Crippen LogP contribution in [0.3, 0.4) is 0 Å². The molecule has 0 unspecified atom stereocenters. The first-order chi connectivity index (χ1) is 14.5. The maximum atomic E-state index is 12.5. The Morgan fingerprint density at radius 3 is 2.00 bits per heavy atom. The van der Waals surface area contributed by atoms with Crippen LogP contribution < -0.4 is 0 Å². The van der Waals surface area contributed by atoms with Gasteiger partial charge in [-0.1, -0.05) is 60.7 Å². The second-order valence-electron chi connectivity index (χ2n) is 7.52. The fraction of sp³-hybridized carbons (Fsp3) is 0.200. The van der Waals surface area contributed by atoms with Gasteiger partial charge in [0.2, 0.25) is 0 Å². The van der Waals surface area contributed by atoms with Crippen molar-refractivity contribution in [3.05, 3.63) is 89.5 Å². The molecule has 3 aromatic carbocycles. The zero-order valence-electron chi connectivity index (χ0n) is 16.3. The highest BCUT2D eigenvalue weighted by Crippen LogP contribution is 2.44. The maximum Gasteiger partial charge on any atom is 0.307 e. The summed E-state index contributed by atoms with van der Waals surface area (Å²) in [5.41, 5.74) is 5.26. The van der Waals surface area contributed by atoms with Gasteiger partial charge in [0.25, 0.3) is 0 Å². The molecule has 0 radical (unpaired) electrons. The largest absolute Gasteiger partial charge is 0.508 e. The lowest BCUT2D eigenvalue weighted by atomic mass is 9.96. The molecule has 0 bridgehead atoms. The molecule has 2 N–H and O–H groups in total. The van der Waals surface area contributed by atoms with E-state index >= 15 is 0 Å². The Balaban J connectivity index is 1.43. The van der Waals surface area contributed by atoms with Gasteiger partial charge < -0.3 is 14.9 Å². The molecule has 1 atom stereocenters. The summed E-state index contributed by atoms with van der Waals surface area (Å²) in [6, 6.07) is 22.4. The molecule has 0 saturated carbocycles. The number of ether oxygens (including phenoxy) is 1. The zero-order valence-corrected chi connectivity index (χ0v) is 16.3. The minimum Gasteiger partial charge on any atom is -0.508 e. The molecule has 5 nitrogen and oxygen atoms in total. The van der Waals surface area contributed by atoms with Gasteiger partial charge in [-0.2, -0.15) is 0 Å². The van der Waals surface area contributed by atoms with Gasteiger partial charge in [-0.25, -0.2) is 0 Å². The van der Waals surface area contributed by atoms with E-state index in [2.05, 4.69) is 12.1 Å². The van der Waals surface area contributed by atoms with Crippen LogP contribution in [0.15, 0.2) is 72.8 Å². The number of carboxylic acid groups (broad SMARTS) is 1. The van der Waals surface area contributed by atoms with Gasteiger partial charge in [0.1, 0.15) is 12.4 Å². The fourth-order valence-electron chi connectivity index (χ4n) is 4.04. The standard InChI is InChI=1S/C25H22O5/c26-18-11-9-16(10-12-18)13-17(25(28)29)14-24(27)30-15-23-21-7-3-1-5-19(21)20-6-2-4-8-22(20)23/h1-12,17,23,26H,13-15H2,(H,28,29)/t17-/m1/s1. The summed E-state index contributed by atoms with van der Waals surface area (Å²) in [5.74, 6) is -2.39. The average Bonchev–Trinajstić information content (AvgIpc) is 3.07. The van der Waals surface area contributed by atoms with Crippen molar-refractivity contribution < 1.29 is 24.5 Å². The van der Waals surface area contributed by atoms with Crippen LogP contribution in [-0.2, 0) is 20.7 Å². The van der Waals surface area contributed by atoms with E-state index in [9.17, 15) is 19.8 Å². The van der Waals surface area contributed by atoms with Gasteiger partial charge in [0.15, 0.2) is 0 Å². The van der Waals surface area contributed by atoms with Crippen LogP contribution in [-0.4, -0.2) is 28.8 Å². The van der Waals surface area contributed by atoms with Crippen LogP contribution in [0.5, 0.6) is 5.75 Å². The van der Waals surface area contributed by atoms with E-state index in [0.717, 1.165) is 27.8 Å². The van der Waals surface area contributed by atoms with Crippen LogP contribution in [0, 0.1) is 5.92 Å². The summed E-state index contributed by atoms with van der Waals surface area (Å²) in [4.78, 5) is 24.1. The van der Waals surface area contributed by atoms with Crippen LogP contribution in [0.2, 0.25) is 0 Å². The number of phenols is 1. The number of phenolic OH excluding ortho intramolecular Hbond substituents is 1. The van der Waals surface area contributed by atoms with Crippen molar-refractivity contribution in [1.82, 2.24) is 0 Å². The first-order valence-electron chi connectivity index (χ1n) is 9.87. The SMILES string of the molecule is O=C(C[C@@H](Cc1ccc(O)cc1)C(=O)O)OCC1c2ccccc2-c2ccccc21. The number of hydrogen-bond donors (Lipinski definition) is 2. The number of aliphatic carboxylic acids is 1. The molecular formula is C25H22O5. The summed E-state index contributed by atoms with van der Waals surface area (Å²) in [6.07, 6.45) is -0.00790. The van der Waals surface area contributed by atoms with E-state index in [0.29, 0.717) is 0 Å². The predicted octanol–water partition coefficient (Wildman–Crippen LogP) is 4.38. The summed E-state index contributed by atoms with van der Waals surface area (Å²) in [7, 11) is 0. The number of benzene rings is 3. The molecule has 1 aliphatic rings. The lowest BCUT2D eigenvalue weighted by Gasteiger charge is -2.16. The minimum absolute atomic E-state index is 0.0540. The minimum atomic E-state index is -1.04. The molecule has 152 valence electrons. The van der Waals surface area contributed by atoms with E-state index in [1.807, 2.05) is 36.4 Å². The van der Waals surface area contributed by atoms with Crippen molar-refractivity contribution in [2.45, 2.75) is 18.8 Å². The average molecular weight is 402 g/mol. The fourth-order valence-corrected chi connectivity index (χ4v) is 4.04. The van der Waals surface area contributed by atoms with Crippen molar-refractivity contribution in [2.24, 2.45) is 5.92 Å². The molecule has 4 rings (SSSR count). The van der Waals surface area contributed by atoms with Crippen LogP contribution in [0.1, 0.15) is 29.0 Å². The highest BCUT2D eigenvalue weighted by molar-refractivity contribution is 5.80. The van der Waals surface area contributed by atoms with Gasteiger partial charge in [-0.05, 0) is 46.4 Å². The summed E-state index contributed by atoms with van der Waals surface area (Å²) >= 11 is 0. The quantitative estimate of drug-likeness (QED) is 0.573. The second kappa shape index (κ2) is 8.41. The van der Waals surface area contributed by atoms with Gasteiger partial charge in [0.05, 0.1) is 12.3 Å². The topological polar surface area (TPSA) is 83.8 Å². The molecule has 0 fully saturated rings. The second-order valence-corrected chi connectivity index (χ2v) is 7.52. The number of carboxylic acids is 1. The van der Waals surface area contributed by atoms with Crippen LogP contribution >= 0.6 is 0 Å². The van der Waals surface area contributed by atoms with E-state index in [1.54, 1.807) is 12.1 Å². The lowest BCUT2D eigenvalue weighted by molar-refractivity contribution is -0.151. The van der Waals surface area contributed by atoms with E-state index < -0.39 is 17.9 Å². The Morgan fingerprint density at radius 2 is 1.43 bits per heavy atom. The Bertz CT molecular complexity index is 1030. The number of hydrogen-bond acceptors (Lipinski definition) is 4. The molecule has 0 aromatic heterocycles. The predicted molar refractivity (Wildman–Crippen MR) is 112 cm³/mol.